The Bertz CT molecular complexity index is 2550. The van der Waals surface area contributed by atoms with Gasteiger partial charge >= 0.3 is 0 Å². The molecule has 0 aliphatic rings. The van der Waals surface area contributed by atoms with Crippen LogP contribution >= 0.6 is 0 Å². The number of para-hydroxylation sites is 4. The smallest absolute Gasteiger partial charge is 0.0710 e. The van der Waals surface area contributed by atoms with Crippen LogP contribution in [0.2, 0.25) is 0 Å². The third-order valence-corrected chi connectivity index (χ3v) is 9.69. The molecule has 0 atom stereocenters. The predicted molar refractivity (Wildman–Crippen MR) is 201 cm³/mol. The van der Waals surface area contributed by atoms with E-state index >= 15 is 0 Å². The third kappa shape index (κ3) is 4.11. The molecule has 0 amide bonds. The fourth-order valence-electron chi connectivity index (χ4n) is 7.50. The van der Waals surface area contributed by atoms with Crippen molar-refractivity contribution < 1.29 is 0 Å². The van der Waals surface area contributed by atoms with Gasteiger partial charge in [-0.05, 0) is 77.9 Å². The van der Waals surface area contributed by atoms with Gasteiger partial charge in [0.25, 0.3) is 0 Å². The van der Waals surface area contributed by atoms with Crippen LogP contribution in [0.4, 0.5) is 0 Å². The van der Waals surface area contributed by atoms with Gasteiger partial charge in [-0.15, -0.1) is 0 Å². The molecule has 0 saturated heterocycles. The maximum atomic E-state index is 5.14. The van der Waals surface area contributed by atoms with Crippen LogP contribution in [0.3, 0.4) is 0 Å². The quantitative estimate of drug-likeness (QED) is 0.194. The van der Waals surface area contributed by atoms with E-state index in [2.05, 4.69) is 185 Å². The number of hydrogen-bond acceptors (Lipinski definition) is 1. The highest BCUT2D eigenvalue weighted by Gasteiger charge is 2.14. The normalized spacial score (nSPS) is 11.8. The molecule has 3 aromatic heterocycles. The minimum absolute atomic E-state index is 0.964. The highest BCUT2D eigenvalue weighted by Crippen LogP contribution is 2.35. The summed E-state index contributed by atoms with van der Waals surface area (Å²) in [6.07, 6.45) is 0. The highest BCUT2D eigenvalue weighted by atomic mass is 15.0. The van der Waals surface area contributed by atoms with Gasteiger partial charge in [-0.3, -0.25) is 0 Å². The first kappa shape index (κ1) is 26.7. The molecule has 0 spiro atoms. The van der Waals surface area contributed by atoms with Gasteiger partial charge in [0.05, 0.1) is 33.3 Å². The van der Waals surface area contributed by atoms with Crippen molar-refractivity contribution in [2.45, 2.75) is 0 Å². The SMILES string of the molecule is c1cc(-c2ccc3nc(-c4cccc(-n5c6ccccc6c6ccccc65)c4)ccc3c2)cc(-n2c3ccccc3c3ccccc32)c1. The van der Waals surface area contributed by atoms with Crippen LogP contribution in [0.15, 0.2) is 176 Å². The molecule has 0 saturated carbocycles. The van der Waals surface area contributed by atoms with E-state index in [1.807, 2.05) is 0 Å². The van der Waals surface area contributed by atoms with Gasteiger partial charge in [-0.1, -0.05) is 109 Å². The molecule has 0 bridgehead atoms. The topological polar surface area (TPSA) is 22.8 Å². The molecule has 0 fully saturated rings. The average Bonchev–Trinajstić information content (AvgIpc) is 3.68. The minimum atomic E-state index is 0.964. The zero-order valence-electron chi connectivity index (χ0n) is 26.1. The van der Waals surface area contributed by atoms with E-state index < -0.39 is 0 Å². The standard InChI is InChI=1S/C45H29N3/c1-5-19-42-36(15-1)37-16-2-6-20-43(37)47(42)34-13-9-11-30(28-34)31-23-25-41-33(27-31)24-26-40(46-41)32-12-10-14-35(29-32)48-44-21-7-3-17-38(44)39-18-4-8-22-45(39)48/h1-29H. The summed E-state index contributed by atoms with van der Waals surface area (Å²) in [5, 5.41) is 6.19. The number of nitrogens with zero attached hydrogens (tertiary/aromatic N) is 3. The summed E-state index contributed by atoms with van der Waals surface area (Å²) in [4.78, 5) is 5.14. The monoisotopic (exact) mass is 611 g/mol. The summed E-state index contributed by atoms with van der Waals surface area (Å²) in [5.74, 6) is 0. The Morgan fingerprint density at radius 2 is 0.792 bits per heavy atom. The molecular weight excluding hydrogens is 583 g/mol. The maximum absolute atomic E-state index is 5.14. The number of aromatic nitrogens is 3. The molecule has 0 unspecified atom stereocenters. The molecule has 0 N–H and O–H groups in total. The Hall–Kier alpha value is -6.45. The number of benzene rings is 7. The lowest BCUT2D eigenvalue weighted by molar-refractivity contribution is 1.18. The molecule has 0 aliphatic heterocycles. The number of rotatable bonds is 4. The molecule has 7 aromatic carbocycles. The van der Waals surface area contributed by atoms with Crippen LogP contribution in [0.5, 0.6) is 0 Å². The molecule has 10 aromatic rings. The second-order valence-electron chi connectivity index (χ2n) is 12.4. The minimum Gasteiger partial charge on any atom is -0.309 e. The van der Waals surface area contributed by atoms with Crippen molar-refractivity contribution in [2.24, 2.45) is 0 Å². The van der Waals surface area contributed by atoms with Gasteiger partial charge in [0.1, 0.15) is 0 Å². The first-order valence-corrected chi connectivity index (χ1v) is 16.4. The van der Waals surface area contributed by atoms with Gasteiger partial charge < -0.3 is 9.13 Å². The molecular formula is C45H29N3. The van der Waals surface area contributed by atoms with Crippen molar-refractivity contribution in [3.05, 3.63) is 176 Å². The molecule has 48 heavy (non-hydrogen) atoms. The number of hydrogen-bond donors (Lipinski definition) is 0. The zero-order valence-corrected chi connectivity index (χ0v) is 26.1. The Morgan fingerprint density at radius 3 is 1.33 bits per heavy atom. The Labute approximate surface area is 277 Å². The van der Waals surface area contributed by atoms with Gasteiger partial charge in [0.2, 0.25) is 0 Å². The van der Waals surface area contributed by atoms with E-state index in [1.54, 1.807) is 0 Å². The van der Waals surface area contributed by atoms with Crippen LogP contribution in [-0.4, -0.2) is 14.1 Å². The molecule has 3 heteroatoms. The van der Waals surface area contributed by atoms with Crippen molar-refractivity contribution in [3.8, 4) is 33.8 Å². The highest BCUT2D eigenvalue weighted by molar-refractivity contribution is 6.10. The number of fused-ring (bicyclic) bond motifs is 7. The van der Waals surface area contributed by atoms with Gasteiger partial charge in [-0.2, -0.15) is 0 Å². The van der Waals surface area contributed by atoms with Crippen molar-refractivity contribution in [2.75, 3.05) is 0 Å². The second-order valence-corrected chi connectivity index (χ2v) is 12.4. The fourth-order valence-corrected chi connectivity index (χ4v) is 7.50. The fraction of sp³-hybridized carbons (Fsp3) is 0. The predicted octanol–water partition coefficient (Wildman–Crippen LogP) is 11.8. The van der Waals surface area contributed by atoms with E-state index in [0.29, 0.717) is 0 Å². The molecule has 10 rings (SSSR count). The summed E-state index contributed by atoms with van der Waals surface area (Å²) >= 11 is 0. The molecule has 3 nitrogen and oxygen atoms in total. The van der Waals surface area contributed by atoms with Gasteiger partial charge in [0.15, 0.2) is 0 Å². The summed E-state index contributed by atoms with van der Waals surface area (Å²) in [7, 11) is 0. The molecule has 3 heterocycles. The molecule has 0 radical (unpaired) electrons. The van der Waals surface area contributed by atoms with Crippen LogP contribution in [0.1, 0.15) is 0 Å². The van der Waals surface area contributed by atoms with Gasteiger partial charge in [-0.25, -0.2) is 4.98 Å². The van der Waals surface area contributed by atoms with Crippen molar-refractivity contribution in [3.63, 3.8) is 0 Å². The van der Waals surface area contributed by atoms with E-state index in [9.17, 15) is 0 Å². The van der Waals surface area contributed by atoms with E-state index in [1.165, 1.54) is 54.7 Å². The van der Waals surface area contributed by atoms with E-state index in [0.717, 1.165) is 33.5 Å². The van der Waals surface area contributed by atoms with Crippen LogP contribution in [0.25, 0.3) is 88.3 Å². The Kier molecular flexibility index (Phi) is 5.87. The molecule has 224 valence electrons. The first-order chi connectivity index (χ1) is 23.8. The van der Waals surface area contributed by atoms with Crippen LogP contribution < -0.4 is 0 Å². The lowest BCUT2D eigenvalue weighted by atomic mass is 10.0. The van der Waals surface area contributed by atoms with Gasteiger partial charge in [0, 0.05) is 43.9 Å². The molecule has 0 aliphatic carbocycles. The maximum Gasteiger partial charge on any atom is 0.0710 e. The Balaban J connectivity index is 1.03. The van der Waals surface area contributed by atoms with Crippen LogP contribution in [0, 0.1) is 0 Å². The zero-order chi connectivity index (χ0) is 31.6. The summed E-state index contributed by atoms with van der Waals surface area (Å²) in [6, 6.07) is 63.1. The van der Waals surface area contributed by atoms with E-state index in [-0.39, 0.29) is 0 Å². The lowest BCUT2D eigenvalue weighted by Crippen LogP contribution is -1.95. The lowest BCUT2D eigenvalue weighted by Gasteiger charge is -2.12. The second kappa shape index (κ2) is 10.5. The largest absolute Gasteiger partial charge is 0.309 e. The van der Waals surface area contributed by atoms with E-state index in [4.69, 9.17) is 4.98 Å². The van der Waals surface area contributed by atoms with Crippen molar-refractivity contribution >= 4 is 54.5 Å². The first-order valence-electron chi connectivity index (χ1n) is 16.4. The van der Waals surface area contributed by atoms with Crippen LogP contribution in [-0.2, 0) is 0 Å². The summed E-state index contributed by atoms with van der Waals surface area (Å²) in [6.45, 7) is 0. The third-order valence-electron chi connectivity index (χ3n) is 9.69. The Morgan fingerprint density at radius 1 is 0.333 bits per heavy atom. The van der Waals surface area contributed by atoms with Crippen molar-refractivity contribution in [1.29, 1.82) is 0 Å². The average molecular weight is 612 g/mol. The summed E-state index contributed by atoms with van der Waals surface area (Å²) in [5.41, 5.74) is 12.5. The number of pyridine rings is 1. The van der Waals surface area contributed by atoms with Crippen molar-refractivity contribution in [1.82, 2.24) is 14.1 Å². The summed E-state index contributed by atoms with van der Waals surface area (Å²) < 4.78 is 4.73.